The number of hydrogen-bond donors (Lipinski definition) is 1. The lowest BCUT2D eigenvalue weighted by molar-refractivity contribution is 0.122. The normalized spacial score (nSPS) is 15.6. The van der Waals surface area contributed by atoms with E-state index in [4.69, 9.17) is 4.74 Å². The third-order valence-electron chi connectivity index (χ3n) is 3.83. The molecule has 23 heavy (non-hydrogen) atoms. The van der Waals surface area contributed by atoms with Crippen LogP contribution in [0.2, 0.25) is 0 Å². The van der Waals surface area contributed by atoms with Gasteiger partial charge in [0.15, 0.2) is 0 Å². The zero-order valence-corrected chi connectivity index (χ0v) is 13.6. The highest BCUT2D eigenvalue weighted by Gasteiger charge is 2.13. The van der Waals surface area contributed by atoms with Gasteiger partial charge in [-0.25, -0.2) is 13.1 Å². The van der Waals surface area contributed by atoms with E-state index in [2.05, 4.69) is 9.62 Å². The first kappa shape index (κ1) is 16.0. The van der Waals surface area contributed by atoms with Gasteiger partial charge in [-0.05, 0) is 29.8 Å². The Morgan fingerprint density at radius 3 is 2.26 bits per heavy atom. The lowest BCUT2D eigenvalue weighted by Crippen LogP contribution is -2.36. The molecule has 0 atom stereocenters. The maximum atomic E-state index is 12.2. The Labute approximate surface area is 136 Å². The first-order valence-corrected chi connectivity index (χ1v) is 9.10. The Bertz CT molecular complexity index is 724. The van der Waals surface area contributed by atoms with Crippen LogP contribution in [0.15, 0.2) is 59.5 Å². The van der Waals surface area contributed by atoms with Crippen molar-refractivity contribution >= 4 is 15.7 Å². The molecule has 2 aromatic rings. The molecule has 0 spiro atoms. The Hall–Kier alpha value is -1.89. The smallest absolute Gasteiger partial charge is 0.240 e. The number of anilines is 1. The van der Waals surface area contributed by atoms with Crippen molar-refractivity contribution in [1.29, 1.82) is 0 Å². The first-order chi connectivity index (χ1) is 11.1. The molecule has 1 saturated heterocycles. The molecule has 1 heterocycles. The maximum Gasteiger partial charge on any atom is 0.240 e. The summed E-state index contributed by atoms with van der Waals surface area (Å²) in [6.07, 6.45) is 0. The van der Waals surface area contributed by atoms with Crippen LogP contribution in [0, 0.1) is 0 Å². The summed E-state index contributed by atoms with van der Waals surface area (Å²) >= 11 is 0. The third-order valence-corrected chi connectivity index (χ3v) is 5.25. The number of sulfonamides is 1. The molecule has 6 heteroatoms. The number of nitrogens with zero attached hydrogens (tertiary/aromatic N) is 1. The molecule has 1 aliphatic rings. The van der Waals surface area contributed by atoms with E-state index >= 15 is 0 Å². The average Bonchev–Trinajstić information content (AvgIpc) is 2.62. The van der Waals surface area contributed by atoms with E-state index < -0.39 is 10.0 Å². The lowest BCUT2D eigenvalue weighted by Gasteiger charge is -2.28. The first-order valence-electron chi connectivity index (χ1n) is 7.61. The van der Waals surface area contributed by atoms with Gasteiger partial charge < -0.3 is 9.64 Å². The van der Waals surface area contributed by atoms with Crippen LogP contribution in [-0.2, 0) is 21.3 Å². The molecular weight excluding hydrogens is 312 g/mol. The van der Waals surface area contributed by atoms with Gasteiger partial charge in [0.1, 0.15) is 0 Å². The highest BCUT2D eigenvalue weighted by atomic mass is 32.2. The van der Waals surface area contributed by atoms with Crippen LogP contribution < -0.4 is 9.62 Å². The quantitative estimate of drug-likeness (QED) is 0.910. The standard InChI is InChI=1S/C17H20N2O3S/c20-23(21,17-4-2-1-3-5-17)18-14-15-6-8-16(9-7-15)19-10-12-22-13-11-19/h1-9,18H,10-14H2. The third kappa shape index (κ3) is 4.10. The molecule has 0 saturated carbocycles. The number of hydrogen-bond acceptors (Lipinski definition) is 4. The molecule has 0 bridgehead atoms. The number of ether oxygens (including phenoxy) is 1. The van der Waals surface area contributed by atoms with Crippen LogP contribution in [0.4, 0.5) is 5.69 Å². The zero-order chi connectivity index (χ0) is 16.1. The highest BCUT2D eigenvalue weighted by molar-refractivity contribution is 7.89. The fourth-order valence-corrected chi connectivity index (χ4v) is 3.55. The molecule has 5 nitrogen and oxygen atoms in total. The van der Waals surface area contributed by atoms with E-state index in [0.717, 1.165) is 37.6 Å². The summed E-state index contributed by atoms with van der Waals surface area (Å²) < 4.78 is 32.3. The molecule has 0 unspecified atom stereocenters. The molecule has 0 radical (unpaired) electrons. The fourth-order valence-electron chi connectivity index (χ4n) is 2.51. The second kappa shape index (κ2) is 7.12. The molecule has 1 fully saturated rings. The molecule has 0 aromatic heterocycles. The molecule has 0 aliphatic carbocycles. The van der Waals surface area contributed by atoms with Crippen LogP contribution in [0.5, 0.6) is 0 Å². The van der Waals surface area contributed by atoms with Gasteiger partial charge in [-0.15, -0.1) is 0 Å². The van der Waals surface area contributed by atoms with Crippen LogP contribution in [0.3, 0.4) is 0 Å². The van der Waals surface area contributed by atoms with Crippen LogP contribution >= 0.6 is 0 Å². The van der Waals surface area contributed by atoms with Crippen molar-refractivity contribution in [2.45, 2.75) is 11.4 Å². The van der Waals surface area contributed by atoms with Gasteiger partial charge >= 0.3 is 0 Å². The molecular formula is C17H20N2O3S. The van der Waals surface area contributed by atoms with E-state index in [1.54, 1.807) is 30.3 Å². The molecule has 0 amide bonds. The topological polar surface area (TPSA) is 58.6 Å². The minimum Gasteiger partial charge on any atom is -0.378 e. The van der Waals surface area contributed by atoms with Gasteiger partial charge in [0.25, 0.3) is 0 Å². The van der Waals surface area contributed by atoms with Crippen LogP contribution in [-0.4, -0.2) is 34.7 Å². The number of rotatable bonds is 5. The van der Waals surface area contributed by atoms with Crippen molar-refractivity contribution in [3.05, 3.63) is 60.2 Å². The molecule has 2 aromatic carbocycles. The fraction of sp³-hybridized carbons (Fsp3) is 0.294. The summed E-state index contributed by atoms with van der Waals surface area (Å²) in [6, 6.07) is 16.4. The second-order valence-electron chi connectivity index (χ2n) is 5.40. The van der Waals surface area contributed by atoms with Gasteiger partial charge in [0, 0.05) is 25.3 Å². The predicted molar refractivity (Wildman–Crippen MR) is 89.9 cm³/mol. The highest BCUT2D eigenvalue weighted by Crippen LogP contribution is 2.17. The largest absolute Gasteiger partial charge is 0.378 e. The van der Waals surface area contributed by atoms with Crippen LogP contribution in [0.25, 0.3) is 0 Å². The van der Waals surface area contributed by atoms with Crippen molar-refractivity contribution < 1.29 is 13.2 Å². The Morgan fingerprint density at radius 1 is 0.957 bits per heavy atom. The minimum absolute atomic E-state index is 0.278. The minimum atomic E-state index is -3.47. The number of nitrogens with one attached hydrogen (secondary N) is 1. The van der Waals surface area contributed by atoms with Crippen molar-refractivity contribution in [3.8, 4) is 0 Å². The molecule has 1 N–H and O–H groups in total. The van der Waals surface area contributed by atoms with Crippen molar-refractivity contribution in [2.75, 3.05) is 31.2 Å². The Kier molecular flexibility index (Phi) is 4.95. The SMILES string of the molecule is O=S(=O)(NCc1ccc(N2CCOCC2)cc1)c1ccccc1. The average molecular weight is 332 g/mol. The van der Waals surface area contributed by atoms with E-state index in [9.17, 15) is 8.42 Å². The van der Waals surface area contributed by atoms with Gasteiger partial charge in [-0.2, -0.15) is 0 Å². The summed E-state index contributed by atoms with van der Waals surface area (Å²) in [4.78, 5) is 2.55. The summed E-state index contributed by atoms with van der Waals surface area (Å²) in [5, 5.41) is 0. The summed E-state index contributed by atoms with van der Waals surface area (Å²) in [5.74, 6) is 0. The number of benzene rings is 2. The summed E-state index contributed by atoms with van der Waals surface area (Å²) in [7, 11) is -3.47. The van der Waals surface area contributed by atoms with Crippen molar-refractivity contribution in [1.82, 2.24) is 4.72 Å². The molecule has 3 rings (SSSR count). The second-order valence-corrected chi connectivity index (χ2v) is 7.17. The van der Waals surface area contributed by atoms with Crippen molar-refractivity contribution in [3.63, 3.8) is 0 Å². The van der Waals surface area contributed by atoms with E-state index in [0.29, 0.717) is 0 Å². The Morgan fingerprint density at radius 2 is 1.61 bits per heavy atom. The van der Waals surface area contributed by atoms with Gasteiger partial charge in [-0.3, -0.25) is 0 Å². The van der Waals surface area contributed by atoms with Gasteiger partial charge in [-0.1, -0.05) is 30.3 Å². The van der Waals surface area contributed by atoms with Crippen molar-refractivity contribution in [2.24, 2.45) is 0 Å². The van der Waals surface area contributed by atoms with Crippen LogP contribution in [0.1, 0.15) is 5.56 Å². The molecule has 1 aliphatic heterocycles. The molecule has 122 valence electrons. The van der Waals surface area contributed by atoms with Gasteiger partial charge in [0.05, 0.1) is 18.1 Å². The zero-order valence-electron chi connectivity index (χ0n) is 12.8. The van der Waals surface area contributed by atoms with E-state index in [1.165, 1.54) is 0 Å². The monoisotopic (exact) mass is 332 g/mol. The lowest BCUT2D eigenvalue weighted by atomic mass is 10.2. The van der Waals surface area contributed by atoms with E-state index in [-0.39, 0.29) is 11.4 Å². The van der Waals surface area contributed by atoms with Gasteiger partial charge in [0.2, 0.25) is 10.0 Å². The summed E-state index contributed by atoms with van der Waals surface area (Å²) in [5.41, 5.74) is 2.07. The van der Waals surface area contributed by atoms with E-state index in [1.807, 2.05) is 24.3 Å². The number of morpholine rings is 1. The summed E-state index contributed by atoms with van der Waals surface area (Å²) in [6.45, 7) is 3.55. The maximum absolute atomic E-state index is 12.2. The Balaban J connectivity index is 1.62. The predicted octanol–water partition coefficient (Wildman–Crippen LogP) is 2.00.